The van der Waals surface area contributed by atoms with Crippen molar-refractivity contribution in [3.05, 3.63) is 159 Å². The highest BCUT2D eigenvalue weighted by molar-refractivity contribution is 7.88. The van der Waals surface area contributed by atoms with E-state index in [1.54, 1.807) is 88.5 Å². The second kappa shape index (κ2) is 37.7. The molecule has 6 aromatic carbocycles. The molecule has 12 fully saturated rings. The molecule has 6 saturated heterocycles. The number of likely N-dealkylation sites (tertiary alicyclic amines) is 6. The van der Waals surface area contributed by atoms with E-state index in [-0.39, 0.29) is 106 Å². The van der Waals surface area contributed by atoms with Crippen molar-refractivity contribution in [1.82, 2.24) is 75.1 Å². The molecule has 24 rings (SSSR count). The number of hydrogen-bond acceptors (Lipinski definition) is 19. The van der Waals surface area contributed by atoms with Crippen LogP contribution in [0.5, 0.6) is 17.2 Å². The van der Waals surface area contributed by atoms with E-state index in [1.165, 1.54) is 78.2 Å². The number of amides is 10. The molecule has 35 nitrogen and oxygen atoms in total. The summed E-state index contributed by atoms with van der Waals surface area (Å²) in [7, 11) is 4.78. The van der Waals surface area contributed by atoms with Gasteiger partial charge in [0.2, 0.25) is 23.6 Å². The Morgan fingerprint density at radius 2 is 0.680 bits per heavy atom. The Balaban J connectivity index is 0.000000127. The van der Waals surface area contributed by atoms with Crippen LogP contribution in [0, 0.1) is 16.2 Å². The first-order valence-electron chi connectivity index (χ1n) is 53.3. The van der Waals surface area contributed by atoms with Gasteiger partial charge in [-0.2, -0.15) is 38.2 Å². The SMILES string of the molecule is COc1ccc2c(c1)C1CC1(C(=O)N1[C@@H]3C[C@H]1CN(C(=O)N(C)C)C3)Cn1c-2c(C2CCCCC2)c2ccc(C(=O)NS(=O)(=O)N(C)C)cc21.COc1ccc2c(c1)C1CC1(C(=O)N1[C@@H]3C[C@H]1CN(C(C)=O)C3)Cn1c-2c(C2CCCCC2)c2ccc(C(=O)NS(=O)(=O)N(C)C)cc21.COc1ccc2c(c1)[C@@H]1C[C@]1(C(=O)N1C[C@@H]3C[C@H]1CN3C(=O)OC(C)(C)C)Cn1c-2c(C2CCCCC2)c2ccc(C(=O)NS(=O)(=O)N(C)C)cc21. The van der Waals surface area contributed by atoms with Gasteiger partial charge in [0.05, 0.1) is 90.9 Å². The first kappa shape index (κ1) is 102. The number of piperidine rings is 2. The minimum atomic E-state index is -4.00. The average molecular weight is 2110 g/mol. The molecule has 12 atom stereocenters. The van der Waals surface area contributed by atoms with Crippen LogP contribution < -0.4 is 28.4 Å². The zero-order chi connectivity index (χ0) is 106. The lowest BCUT2D eigenvalue weighted by molar-refractivity contribution is -0.165. The summed E-state index contributed by atoms with van der Waals surface area (Å²) >= 11 is 0. The summed E-state index contributed by atoms with van der Waals surface area (Å²) < 4.78 is 115. The van der Waals surface area contributed by atoms with Gasteiger partial charge in [0.25, 0.3) is 17.7 Å². The number of benzene rings is 6. The third-order valence-corrected chi connectivity index (χ3v) is 40.0. The maximum absolute atomic E-state index is 15.0. The summed E-state index contributed by atoms with van der Waals surface area (Å²) in [6.07, 6.45) is 21.1. The Hall–Kier alpha value is -12.1. The van der Waals surface area contributed by atoms with Gasteiger partial charge >= 0.3 is 42.8 Å². The molecule has 6 bridgehead atoms. The minimum absolute atomic E-state index is 0.00575. The van der Waals surface area contributed by atoms with Crippen molar-refractivity contribution in [1.29, 1.82) is 0 Å². The number of nitrogens with one attached hydrogen (secondary N) is 3. The van der Waals surface area contributed by atoms with E-state index in [0.717, 1.165) is 210 Å². The van der Waals surface area contributed by atoms with Crippen molar-refractivity contribution >= 4 is 117 Å². The molecular formula is C112H138N16O19S3. The van der Waals surface area contributed by atoms with Crippen LogP contribution in [0.1, 0.15) is 262 Å². The quantitative estimate of drug-likeness (QED) is 0.0718. The number of piperazine rings is 3. The number of ether oxygens (including phenoxy) is 4. The summed E-state index contributed by atoms with van der Waals surface area (Å²) in [6, 6.07) is 34.9. The molecule has 9 aromatic rings. The molecule has 4 unspecified atom stereocenters. The van der Waals surface area contributed by atoms with Crippen molar-refractivity contribution in [2.75, 3.05) is 117 Å². The number of methoxy groups -OCH3 is 3. The summed E-state index contributed by atoms with van der Waals surface area (Å²) in [5.41, 5.74) is 14.1. The minimum Gasteiger partial charge on any atom is -0.497 e. The van der Waals surface area contributed by atoms with E-state index < -0.39 is 70.2 Å². The topological polar surface area (TPSA) is 376 Å². The van der Waals surface area contributed by atoms with Gasteiger partial charge in [0, 0.05) is 206 Å². The lowest BCUT2D eigenvalue weighted by atomic mass is 9.81. The van der Waals surface area contributed by atoms with Crippen molar-refractivity contribution in [3.8, 4) is 51.0 Å². The Morgan fingerprint density at radius 1 is 0.373 bits per heavy atom. The normalized spacial score (nSPS) is 25.7. The summed E-state index contributed by atoms with van der Waals surface area (Å²) in [4.78, 5) is 136. The number of urea groups is 1. The highest BCUT2D eigenvalue weighted by atomic mass is 32.2. The second-order valence-corrected chi connectivity index (χ2v) is 52.3. The molecule has 12 heterocycles. The third kappa shape index (κ3) is 17.3. The monoisotopic (exact) mass is 2110 g/mol. The van der Waals surface area contributed by atoms with Crippen LogP contribution in [0.2, 0.25) is 0 Å². The second-order valence-electron chi connectivity index (χ2n) is 46.7. The number of aromatic nitrogens is 3. The number of fused-ring (bicyclic) bond motifs is 27. The molecule has 150 heavy (non-hydrogen) atoms. The zero-order valence-corrected chi connectivity index (χ0v) is 90.8. The molecule has 0 radical (unpaired) electrons. The number of rotatable bonds is 18. The highest BCUT2D eigenvalue weighted by Crippen LogP contribution is 2.71. The van der Waals surface area contributed by atoms with Gasteiger partial charge in [0.1, 0.15) is 22.8 Å². The Labute approximate surface area is 876 Å². The third-order valence-electron chi connectivity index (χ3n) is 35.8. The van der Waals surface area contributed by atoms with E-state index in [4.69, 9.17) is 18.9 Å². The maximum atomic E-state index is 15.0. The van der Waals surface area contributed by atoms with Gasteiger partial charge in [-0.25, -0.2) is 23.8 Å². The van der Waals surface area contributed by atoms with Gasteiger partial charge in [-0.05, 0) is 240 Å². The predicted octanol–water partition coefficient (Wildman–Crippen LogP) is 14.2. The lowest BCUT2D eigenvalue weighted by Gasteiger charge is -2.57. The smallest absolute Gasteiger partial charge is 0.410 e. The van der Waals surface area contributed by atoms with Gasteiger partial charge in [0.15, 0.2) is 0 Å². The van der Waals surface area contributed by atoms with E-state index in [1.807, 2.05) is 71.9 Å². The van der Waals surface area contributed by atoms with Crippen molar-refractivity contribution < 1.29 is 87.4 Å². The number of hydrogen-bond donors (Lipinski definition) is 3. The van der Waals surface area contributed by atoms with Crippen LogP contribution in [0.25, 0.3) is 66.5 Å². The summed E-state index contributed by atoms with van der Waals surface area (Å²) in [5.74, 6) is 1.50. The van der Waals surface area contributed by atoms with Crippen molar-refractivity contribution in [3.63, 3.8) is 0 Å². The molecule has 15 aliphatic rings. The Morgan fingerprint density at radius 3 is 0.973 bits per heavy atom. The van der Waals surface area contributed by atoms with Crippen molar-refractivity contribution in [2.24, 2.45) is 16.2 Å². The highest BCUT2D eigenvalue weighted by Gasteiger charge is 2.70. The van der Waals surface area contributed by atoms with Crippen LogP contribution in [0.3, 0.4) is 0 Å². The van der Waals surface area contributed by atoms with E-state index in [9.17, 15) is 63.6 Å². The van der Waals surface area contributed by atoms with Crippen LogP contribution >= 0.6 is 0 Å². The predicted molar refractivity (Wildman–Crippen MR) is 567 cm³/mol. The fourth-order valence-corrected chi connectivity index (χ4v) is 29.5. The van der Waals surface area contributed by atoms with E-state index >= 15 is 4.79 Å². The Kier molecular flexibility index (Phi) is 25.7. The van der Waals surface area contributed by atoms with Gasteiger partial charge in [-0.1, -0.05) is 76.0 Å². The maximum Gasteiger partial charge on any atom is 0.410 e. The molecule has 6 aliphatic carbocycles. The standard InChI is InChI=1S/C39H49N5O7S.C37H46N6O6S.C36H43N5O6S/c1-38(2,3)51-37(47)43-21-25-17-26(43)20-42(25)36(46)39-19-31(39)30-18-27(50-6)13-15-28(30)34-33(23-10-8-7-9-11-23)29-14-12-24(16-32(29)44(34)22-39)35(45)40-52(48,49)41(4)5;1-39(2)36(46)41-19-24-16-25(20-41)43(24)35(45)37-18-30(37)29-17-26(49-5)12-14-27(29)33-32(22-9-7-6-8-10-22)28-13-11-23(15-31(28)42(33)21-37)34(44)38-50(47,48)40(3)4;1-21(42)39-18-24-15-25(19-39)41(24)35(44)36-17-30(36)29-16-26(47-4)11-13-27(29)33-32(22-8-6-5-7-9-22)28-12-10-23(14-31(28)40(33)20-36)34(43)37-48(45,46)38(2)3/h12-16,18,23,25-26,31H,7-11,17,19-22H2,1-6H3,(H,40,45);11-15,17,22,24-25,30H,6-10,16,18-21H2,1-5H3,(H,38,44);10-14,16,22,24-25,30H,5-9,15,17-20H2,1-4H3,(H,37,43)/t25-,26-,31-,39-;24-,25+,30?,37?;24-,25+,30?,36?/m0../s1. The average Bonchev–Trinajstić information content (AvgIpc) is 1.52. The van der Waals surface area contributed by atoms with E-state index in [2.05, 4.69) is 74.1 Å². The molecule has 0 spiro atoms. The first-order chi connectivity index (χ1) is 71.4. The molecule has 3 aromatic heterocycles. The zero-order valence-electron chi connectivity index (χ0n) is 88.3. The van der Waals surface area contributed by atoms with Crippen LogP contribution in [-0.4, -0.2) is 298 Å². The molecule has 3 N–H and O–H groups in total. The largest absolute Gasteiger partial charge is 0.497 e. The van der Waals surface area contributed by atoms with E-state index in [0.29, 0.717) is 95.9 Å². The van der Waals surface area contributed by atoms with Crippen LogP contribution in [0.4, 0.5) is 9.59 Å². The Bertz CT molecular complexity index is 7470. The fourth-order valence-electron chi connectivity index (χ4n) is 27.9. The van der Waals surface area contributed by atoms with Crippen LogP contribution in [-0.2, 0) is 74.2 Å². The molecule has 798 valence electrons. The summed E-state index contributed by atoms with van der Waals surface area (Å²) in [5, 5.41) is 3.12. The van der Waals surface area contributed by atoms with Crippen molar-refractivity contribution in [2.45, 2.75) is 260 Å². The van der Waals surface area contributed by atoms with Gasteiger partial charge in [-0.3, -0.25) is 33.6 Å². The fraction of sp³-hybridized carbons (Fsp3) is 0.545. The summed E-state index contributed by atoms with van der Waals surface area (Å²) in [6.45, 7) is 11.6. The van der Waals surface area contributed by atoms with Crippen LogP contribution in [0.15, 0.2) is 109 Å². The number of carbonyl (C=O) groups is 9. The lowest BCUT2D eigenvalue weighted by Crippen LogP contribution is -2.72. The molecule has 9 aliphatic heterocycles. The molecule has 38 heteroatoms. The molecule has 6 saturated carbocycles. The number of nitrogens with zero attached hydrogens (tertiary/aromatic N) is 13. The molecular weight excluding hydrogens is 1970 g/mol. The van der Waals surface area contributed by atoms with Gasteiger partial charge < -0.3 is 66.9 Å². The van der Waals surface area contributed by atoms with Gasteiger partial charge in [-0.15, -0.1) is 0 Å². The number of carbonyl (C=O) groups excluding carboxylic acids is 9. The first-order valence-corrected chi connectivity index (χ1v) is 57.7. The molecule has 10 amide bonds.